The normalized spacial score (nSPS) is 13.2. The van der Waals surface area contributed by atoms with Crippen molar-refractivity contribution in [3.05, 3.63) is 83.4 Å². The molecule has 0 N–H and O–H groups in total. The van der Waals surface area contributed by atoms with Gasteiger partial charge in [0.25, 0.3) is 0 Å². The lowest BCUT2D eigenvalue weighted by molar-refractivity contribution is -0.138. The molecule has 3 aromatic carbocycles. The minimum Gasteiger partial charge on any atom is -0.299 e. The second kappa shape index (κ2) is 9.65. The van der Waals surface area contributed by atoms with Gasteiger partial charge in [0, 0.05) is 5.92 Å². The largest absolute Gasteiger partial charge is 0.416 e. The molecule has 0 saturated heterocycles. The maximum Gasteiger partial charge on any atom is 0.416 e. The molecule has 0 bridgehead atoms. The van der Waals surface area contributed by atoms with Gasteiger partial charge >= 0.3 is 12.4 Å². The van der Waals surface area contributed by atoms with Gasteiger partial charge in [-0.3, -0.25) is 4.79 Å². The van der Waals surface area contributed by atoms with Crippen molar-refractivity contribution < 1.29 is 31.1 Å². The summed E-state index contributed by atoms with van der Waals surface area (Å²) in [5.74, 6) is -0.294. The first-order chi connectivity index (χ1) is 15.8. The van der Waals surface area contributed by atoms with Crippen molar-refractivity contribution in [1.29, 1.82) is 0 Å². The molecule has 0 radical (unpaired) electrons. The molecule has 0 fully saturated rings. The van der Waals surface area contributed by atoms with E-state index in [0.717, 1.165) is 24.3 Å². The third kappa shape index (κ3) is 6.07. The van der Waals surface area contributed by atoms with E-state index >= 15 is 0 Å². The maximum atomic E-state index is 13.0. The van der Waals surface area contributed by atoms with Crippen molar-refractivity contribution in [3.63, 3.8) is 0 Å². The summed E-state index contributed by atoms with van der Waals surface area (Å²) in [5.41, 5.74) is 1.29. The van der Waals surface area contributed by atoms with Gasteiger partial charge < -0.3 is 0 Å². The van der Waals surface area contributed by atoms with Gasteiger partial charge in [0.15, 0.2) is 0 Å². The van der Waals surface area contributed by atoms with Crippen LogP contribution in [0.1, 0.15) is 49.8 Å². The number of alkyl halides is 6. The average molecular weight is 478 g/mol. The molecule has 0 amide bonds. The van der Waals surface area contributed by atoms with Crippen molar-refractivity contribution in [1.82, 2.24) is 0 Å². The molecule has 0 aliphatic carbocycles. The van der Waals surface area contributed by atoms with Crippen LogP contribution in [0.2, 0.25) is 0 Å². The SMILES string of the molecule is CC(=O)[C@@H](CC(C)C)c1cc(-c2ccc(C(F)(F)F)cc2)cc(-c2ccc(C(F)(F)F)cc2)c1. The quantitative estimate of drug-likeness (QED) is 0.324. The Morgan fingerprint density at radius 1 is 0.676 bits per heavy atom. The zero-order valence-electron chi connectivity index (χ0n) is 18.9. The molecule has 0 unspecified atom stereocenters. The number of ketones is 1. The van der Waals surface area contributed by atoms with Crippen LogP contribution in [0.15, 0.2) is 66.7 Å². The molecule has 0 spiro atoms. The zero-order valence-corrected chi connectivity index (χ0v) is 18.9. The standard InChI is InChI=1S/C27H24F6O/c1-16(2)12-25(17(3)34)22-14-20(18-4-8-23(9-5-18)26(28,29)30)13-21(15-22)19-6-10-24(11-7-19)27(31,32)33/h4-11,13-16,25H,12H2,1-3H3/t25-/m1/s1. The first-order valence-corrected chi connectivity index (χ1v) is 10.8. The second-order valence-electron chi connectivity index (χ2n) is 8.79. The van der Waals surface area contributed by atoms with E-state index in [1.165, 1.54) is 31.2 Å². The van der Waals surface area contributed by atoms with E-state index in [0.29, 0.717) is 34.2 Å². The van der Waals surface area contributed by atoms with E-state index in [2.05, 4.69) is 0 Å². The van der Waals surface area contributed by atoms with E-state index < -0.39 is 29.4 Å². The van der Waals surface area contributed by atoms with Crippen LogP contribution in [0.3, 0.4) is 0 Å². The molecule has 34 heavy (non-hydrogen) atoms. The molecule has 180 valence electrons. The molecular formula is C27H24F6O. The molecule has 3 rings (SSSR count). The summed E-state index contributed by atoms with van der Waals surface area (Å²) < 4.78 is 77.9. The fourth-order valence-electron chi connectivity index (χ4n) is 3.90. The van der Waals surface area contributed by atoms with Crippen molar-refractivity contribution in [2.24, 2.45) is 5.92 Å². The van der Waals surface area contributed by atoms with Crippen LogP contribution < -0.4 is 0 Å². The highest BCUT2D eigenvalue weighted by molar-refractivity contribution is 5.85. The Labute approximate surface area is 194 Å². The summed E-state index contributed by atoms with van der Waals surface area (Å²) in [5, 5.41) is 0. The number of rotatable bonds is 6. The molecule has 7 heteroatoms. The third-order valence-electron chi connectivity index (χ3n) is 5.65. The maximum absolute atomic E-state index is 13.0. The molecule has 0 aliphatic heterocycles. The second-order valence-corrected chi connectivity index (χ2v) is 8.79. The van der Waals surface area contributed by atoms with Crippen LogP contribution >= 0.6 is 0 Å². The van der Waals surface area contributed by atoms with Crippen LogP contribution in [0.5, 0.6) is 0 Å². The van der Waals surface area contributed by atoms with E-state index in [9.17, 15) is 31.1 Å². The van der Waals surface area contributed by atoms with Gasteiger partial charge in [-0.15, -0.1) is 0 Å². The molecule has 0 heterocycles. The monoisotopic (exact) mass is 478 g/mol. The number of halogens is 6. The summed E-state index contributed by atoms with van der Waals surface area (Å²) in [6.07, 6.45) is -8.37. The molecule has 0 saturated carbocycles. The topological polar surface area (TPSA) is 17.1 Å². The van der Waals surface area contributed by atoms with Crippen LogP contribution in [0, 0.1) is 5.92 Å². The predicted molar refractivity (Wildman–Crippen MR) is 120 cm³/mol. The summed E-state index contributed by atoms with van der Waals surface area (Å²) in [6.45, 7) is 5.44. The zero-order chi connectivity index (χ0) is 25.3. The number of carbonyl (C=O) groups is 1. The molecule has 1 atom stereocenters. The van der Waals surface area contributed by atoms with Gasteiger partial charge in [-0.05, 0) is 77.4 Å². The molecule has 0 aliphatic rings. The van der Waals surface area contributed by atoms with E-state index in [4.69, 9.17) is 0 Å². The van der Waals surface area contributed by atoms with Crippen molar-refractivity contribution >= 4 is 5.78 Å². The van der Waals surface area contributed by atoms with Gasteiger partial charge in [0.1, 0.15) is 5.78 Å². The Kier molecular flexibility index (Phi) is 7.24. The van der Waals surface area contributed by atoms with Crippen LogP contribution in [-0.2, 0) is 17.1 Å². The summed E-state index contributed by atoms with van der Waals surface area (Å²) in [7, 11) is 0. The van der Waals surface area contributed by atoms with E-state index in [-0.39, 0.29) is 11.7 Å². The Bertz CT molecular complexity index is 1060. The lowest BCUT2D eigenvalue weighted by Crippen LogP contribution is -2.12. The molecule has 0 aromatic heterocycles. The Morgan fingerprint density at radius 3 is 1.35 bits per heavy atom. The van der Waals surface area contributed by atoms with Crippen LogP contribution in [-0.4, -0.2) is 5.78 Å². The number of carbonyl (C=O) groups excluding carboxylic acids is 1. The molecule has 3 aromatic rings. The fourth-order valence-corrected chi connectivity index (χ4v) is 3.90. The Morgan fingerprint density at radius 2 is 1.06 bits per heavy atom. The van der Waals surface area contributed by atoms with Gasteiger partial charge in [-0.1, -0.05) is 50.2 Å². The lowest BCUT2D eigenvalue weighted by Gasteiger charge is -2.19. The summed E-state index contributed by atoms with van der Waals surface area (Å²) in [6, 6.07) is 14.6. The Hall–Kier alpha value is -3.09. The minimum atomic E-state index is -4.47. The van der Waals surface area contributed by atoms with Crippen molar-refractivity contribution in [2.45, 2.75) is 45.5 Å². The third-order valence-corrected chi connectivity index (χ3v) is 5.65. The Balaban J connectivity index is 2.14. The first-order valence-electron chi connectivity index (χ1n) is 10.8. The highest BCUT2D eigenvalue weighted by atomic mass is 19.4. The van der Waals surface area contributed by atoms with Crippen molar-refractivity contribution in [3.8, 4) is 22.3 Å². The van der Waals surface area contributed by atoms with E-state index in [1.807, 2.05) is 13.8 Å². The summed E-state index contributed by atoms with van der Waals surface area (Å²) >= 11 is 0. The molecular weight excluding hydrogens is 454 g/mol. The van der Waals surface area contributed by atoms with Gasteiger partial charge in [0.05, 0.1) is 11.1 Å². The number of Topliss-reactive ketones (excluding diaryl/α,β-unsaturated/α-hetero) is 1. The summed E-state index contributed by atoms with van der Waals surface area (Å²) in [4.78, 5) is 12.4. The average Bonchev–Trinajstić information content (AvgIpc) is 2.76. The van der Waals surface area contributed by atoms with Gasteiger partial charge in [-0.25, -0.2) is 0 Å². The highest BCUT2D eigenvalue weighted by Crippen LogP contribution is 2.37. The lowest BCUT2D eigenvalue weighted by atomic mass is 9.84. The number of hydrogen-bond donors (Lipinski definition) is 0. The number of benzene rings is 3. The smallest absolute Gasteiger partial charge is 0.299 e. The number of hydrogen-bond acceptors (Lipinski definition) is 1. The predicted octanol–water partition coefficient (Wildman–Crippen LogP) is 8.78. The molecule has 1 nitrogen and oxygen atoms in total. The van der Waals surface area contributed by atoms with Gasteiger partial charge in [0.2, 0.25) is 0 Å². The van der Waals surface area contributed by atoms with Crippen molar-refractivity contribution in [2.75, 3.05) is 0 Å². The fraction of sp³-hybridized carbons (Fsp3) is 0.296. The van der Waals surface area contributed by atoms with Gasteiger partial charge in [-0.2, -0.15) is 26.3 Å². The first kappa shape index (κ1) is 25.5. The minimum absolute atomic E-state index is 0.0587. The van der Waals surface area contributed by atoms with Crippen LogP contribution in [0.4, 0.5) is 26.3 Å². The van der Waals surface area contributed by atoms with Crippen LogP contribution in [0.25, 0.3) is 22.3 Å². The highest BCUT2D eigenvalue weighted by Gasteiger charge is 2.31. The van der Waals surface area contributed by atoms with E-state index in [1.54, 1.807) is 18.2 Å².